The van der Waals surface area contributed by atoms with Gasteiger partial charge in [-0.1, -0.05) is 35.3 Å². The fraction of sp³-hybridized carbons (Fsp3) is 0.231. The number of aryl methyl sites for hydroxylation is 1. The molecule has 0 aliphatic heterocycles. The van der Waals surface area contributed by atoms with Gasteiger partial charge in [0.15, 0.2) is 0 Å². The molecule has 1 aromatic carbocycles. The van der Waals surface area contributed by atoms with Crippen LogP contribution in [0.3, 0.4) is 0 Å². The maximum atomic E-state index is 6.39. The summed E-state index contributed by atoms with van der Waals surface area (Å²) in [6, 6.07) is 9.83. The summed E-state index contributed by atoms with van der Waals surface area (Å²) < 4.78 is 0.816. The molecule has 0 amide bonds. The van der Waals surface area contributed by atoms with Crippen LogP contribution in [0.4, 0.5) is 0 Å². The molecule has 0 spiro atoms. The number of hydrogen-bond acceptors (Lipinski definition) is 1. The molecule has 1 aromatic heterocycles. The maximum absolute atomic E-state index is 6.39. The van der Waals surface area contributed by atoms with Crippen molar-refractivity contribution in [3.63, 3.8) is 0 Å². The van der Waals surface area contributed by atoms with E-state index in [0.717, 1.165) is 31.8 Å². The maximum Gasteiger partial charge on any atom is 0.0960 e. The van der Waals surface area contributed by atoms with Gasteiger partial charge < -0.3 is 0 Å². The Kier molecular flexibility index (Phi) is 4.37. The number of hydrogen-bond donors (Lipinski definition) is 0. The number of thiophene rings is 1. The second kappa shape index (κ2) is 5.62. The van der Waals surface area contributed by atoms with E-state index in [0.29, 0.717) is 0 Å². The Morgan fingerprint density at radius 2 is 2.00 bits per heavy atom. The van der Waals surface area contributed by atoms with E-state index in [9.17, 15) is 0 Å². The summed E-state index contributed by atoms with van der Waals surface area (Å²) in [6.07, 6.45) is 0.762. The molecule has 0 bridgehead atoms. The zero-order chi connectivity index (χ0) is 12.4. The van der Waals surface area contributed by atoms with E-state index in [4.69, 9.17) is 34.8 Å². The van der Waals surface area contributed by atoms with Crippen LogP contribution in [0.1, 0.15) is 21.4 Å². The monoisotopic (exact) mass is 304 g/mol. The van der Waals surface area contributed by atoms with Gasteiger partial charge >= 0.3 is 0 Å². The summed E-state index contributed by atoms with van der Waals surface area (Å²) in [5, 5.41) is 0.691. The van der Waals surface area contributed by atoms with Crippen LogP contribution in [0.15, 0.2) is 30.3 Å². The van der Waals surface area contributed by atoms with Crippen molar-refractivity contribution in [1.29, 1.82) is 0 Å². The van der Waals surface area contributed by atoms with E-state index in [1.807, 2.05) is 31.2 Å². The minimum Gasteiger partial charge on any atom is -0.127 e. The number of halogens is 3. The van der Waals surface area contributed by atoms with Gasteiger partial charge in [0.25, 0.3) is 0 Å². The lowest BCUT2D eigenvalue weighted by Crippen LogP contribution is -1.93. The molecule has 17 heavy (non-hydrogen) atoms. The Balaban J connectivity index is 2.14. The zero-order valence-electron chi connectivity index (χ0n) is 9.21. The van der Waals surface area contributed by atoms with Crippen molar-refractivity contribution in [2.75, 3.05) is 0 Å². The summed E-state index contributed by atoms with van der Waals surface area (Å²) in [7, 11) is 0. The van der Waals surface area contributed by atoms with Crippen molar-refractivity contribution >= 4 is 46.1 Å². The van der Waals surface area contributed by atoms with E-state index in [-0.39, 0.29) is 5.38 Å². The lowest BCUT2D eigenvalue weighted by Gasteiger charge is -2.07. The summed E-state index contributed by atoms with van der Waals surface area (Å²) in [6.45, 7) is 1.99. The predicted molar refractivity (Wildman–Crippen MR) is 77.8 cm³/mol. The molecular weight excluding hydrogens is 295 g/mol. The predicted octanol–water partition coefficient (Wildman–Crippen LogP) is 5.89. The number of rotatable bonds is 3. The Bertz CT molecular complexity index is 500. The molecule has 0 radical (unpaired) electrons. The third kappa shape index (κ3) is 3.38. The average Bonchev–Trinajstić information content (AvgIpc) is 2.59. The van der Waals surface area contributed by atoms with Crippen LogP contribution >= 0.6 is 46.1 Å². The highest BCUT2D eigenvalue weighted by atomic mass is 35.5. The molecule has 0 aliphatic rings. The quantitative estimate of drug-likeness (QED) is 0.621. The summed E-state index contributed by atoms with van der Waals surface area (Å²) >= 11 is 19.9. The SMILES string of the molecule is Cc1cc(C(Cl)Cc2cccc(Cl)c2)sc1Cl. The summed E-state index contributed by atoms with van der Waals surface area (Å²) in [4.78, 5) is 1.11. The fourth-order valence-electron chi connectivity index (χ4n) is 1.61. The minimum absolute atomic E-state index is 0.0512. The Morgan fingerprint density at radius 1 is 1.24 bits per heavy atom. The second-order valence-corrected chi connectivity index (χ2v) is 6.56. The highest BCUT2D eigenvalue weighted by Crippen LogP contribution is 2.35. The Hall–Kier alpha value is -0.210. The molecular formula is C13H11Cl3S. The van der Waals surface area contributed by atoms with Crippen molar-refractivity contribution in [1.82, 2.24) is 0 Å². The van der Waals surface area contributed by atoms with Crippen molar-refractivity contribution in [2.24, 2.45) is 0 Å². The van der Waals surface area contributed by atoms with E-state index < -0.39 is 0 Å². The van der Waals surface area contributed by atoms with Crippen LogP contribution < -0.4 is 0 Å². The number of benzene rings is 1. The Morgan fingerprint density at radius 3 is 2.59 bits per heavy atom. The molecule has 0 saturated carbocycles. The molecule has 2 rings (SSSR count). The average molecular weight is 306 g/mol. The first kappa shape index (κ1) is 13.2. The molecule has 0 nitrogen and oxygen atoms in total. The van der Waals surface area contributed by atoms with Gasteiger partial charge in [-0.3, -0.25) is 0 Å². The highest BCUT2D eigenvalue weighted by Gasteiger charge is 2.13. The fourth-order valence-corrected chi connectivity index (χ4v) is 3.39. The summed E-state index contributed by atoms with van der Waals surface area (Å²) in [5.41, 5.74) is 2.23. The second-order valence-electron chi connectivity index (χ2n) is 3.91. The third-order valence-electron chi connectivity index (χ3n) is 2.49. The van der Waals surface area contributed by atoms with E-state index in [2.05, 4.69) is 6.07 Å². The number of alkyl halides is 1. The third-order valence-corrected chi connectivity index (χ3v) is 4.91. The molecule has 0 N–H and O–H groups in total. The van der Waals surface area contributed by atoms with Crippen molar-refractivity contribution in [3.05, 3.63) is 55.7 Å². The lowest BCUT2D eigenvalue weighted by atomic mass is 10.1. The van der Waals surface area contributed by atoms with Gasteiger partial charge in [-0.15, -0.1) is 22.9 Å². The van der Waals surface area contributed by atoms with Gasteiger partial charge in [-0.2, -0.15) is 0 Å². The zero-order valence-corrected chi connectivity index (χ0v) is 12.3. The van der Waals surface area contributed by atoms with E-state index in [1.165, 1.54) is 0 Å². The van der Waals surface area contributed by atoms with Crippen LogP contribution in [0.5, 0.6) is 0 Å². The molecule has 1 heterocycles. The van der Waals surface area contributed by atoms with Crippen LogP contribution in [0.25, 0.3) is 0 Å². The smallest absolute Gasteiger partial charge is 0.0960 e. The highest BCUT2D eigenvalue weighted by molar-refractivity contribution is 7.16. The molecule has 0 fully saturated rings. The minimum atomic E-state index is -0.0512. The van der Waals surface area contributed by atoms with Crippen LogP contribution in [-0.4, -0.2) is 0 Å². The molecule has 2 aromatic rings. The molecule has 0 aliphatic carbocycles. The first-order valence-electron chi connectivity index (χ1n) is 5.20. The molecule has 1 unspecified atom stereocenters. The van der Waals surface area contributed by atoms with Crippen LogP contribution in [0, 0.1) is 6.92 Å². The van der Waals surface area contributed by atoms with Gasteiger partial charge in [-0.05, 0) is 42.7 Å². The van der Waals surface area contributed by atoms with Gasteiger partial charge in [0.1, 0.15) is 0 Å². The normalized spacial score (nSPS) is 12.7. The molecule has 4 heteroatoms. The molecule has 1 atom stereocenters. The Labute approximate surface area is 120 Å². The van der Waals surface area contributed by atoms with Crippen LogP contribution in [0.2, 0.25) is 9.36 Å². The van der Waals surface area contributed by atoms with Gasteiger partial charge in [0.2, 0.25) is 0 Å². The standard InChI is InChI=1S/C13H11Cl3S/c1-8-5-12(17-13(8)16)11(15)7-9-3-2-4-10(14)6-9/h2-6,11H,7H2,1H3. The summed E-state index contributed by atoms with van der Waals surface area (Å²) in [5.74, 6) is 0. The van der Waals surface area contributed by atoms with Crippen molar-refractivity contribution in [2.45, 2.75) is 18.7 Å². The van der Waals surface area contributed by atoms with Crippen LogP contribution in [-0.2, 0) is 6.42 Å². The van der Waals surface area contributed by atoms with Crippen molar-refractivity contribution < 1.29 is 0 Å². The van der Waals surface area contributed by atoms with Crippen molar-refractivity contribution in [3.8, 4) is 0 Å². The first-order chi connectivity index (χ1) is 8.06. The largest absolute Gasteiger partial charge is 0.127 e. The van der Waals surface area contributed by atoms with Gasteiger partial charge in [0, 0.05) is 9.90 Å². The van der Waals surface area contributed by atoms with Gasteiger partial charge in [-0.25, -0.2) is 0 Å². The lowest BCUT2D eigenvalue weighted by molar-refractivity contribution is 0.939. The van der Waals surface area contributed by atoms with Gasteiger partial charge in [0.05, 0.1) is 9.71 Å². The molecule has 0 saturated heterocycles. The topological polar surface area (TPSA) is 0 Å². The first-order valence-corrected chi connectivity index (χ1v) is 7.21. The molecule has 90 valence electrons. The van der Waals surface area contributed by atoms with E-state index in [1.54, 1.807) is 11.3 Å². The van der Waals surface area contributed by atoms with E-state index >= 15 is 0 Å².